The fourth-order valence-electron chi connectivity index (χ4n) is 4.42. The highest BCUT2D eigenvalue weighted by Gasteiger charge is 2.25. The Balaban J connectivity index is 1.22. The average Bonchev–Trinajstić information content (AvgIpc) is 3.30. The summed E-state index contributed by atoms with van der Waals surface area (Å²) < 4.78 is 5.54. The molecule has 0 spiro atoms. The molecule has 0 radical (unpaired) electrons. The van der Waals surface area contributed by atoms with Gasteiger partial charge < -0.3 is 9.42 Å². The minimum absolute atomic E-state index is 0.0495. The first-order chi connectivity index (χ1) is 14.8. The van der Waals surface area contributed by atoms with E-state index in [9.17, 15) is 4.79 Å². The Hall–Kier alpha value is -2.99. The number of benzene rings is 1. The Morgan fingerprint density at radius 1 is 0.933 bits per heavy atom. The maximum absolute atomic E-state index is 12.9. The molecule has 0 saturated carbocycles. The summed E-state index contributed by atoms with van der Waals surface area (Å²) in [5.74, 6) is 0.620. The first-order valence-electron chi connectivity index (χ1n) is 10.8. The largest absolute Gasteiger partial charge is 0.355 e. The molecule has 3 aromatic rings. The molecule has 154 valence electrons. The van der Waals surface area contributed by atoms with Crippen LogP contribution < -0.4 is 0 Å². The monoisotopic (exact) mass is 402 g/mol. The summed E-state index contributed by atoms with van der Waals surface area (Å²) in [5, 5.41) is 4.08. The lowest BCUT2D eigenvalue weighted by molar-refractivity contribution is 0.0618. The first-order valence-corrected chi connectivity index (χ1v) is 10.8. The van der Waals surface area contributed by atoms with Gasteiger partial charge in [-0.15, -0.1) is 0 Å². The third kappa shape index (κ3) is 4.00. The van der Waals surface area contributed by atoms with Gasteiger partial charge in [0.15, 0.2) is 11.5 Å². The number of amides is 1. The van der Waals surface area contributed by atoms with E-state index in [1.54, 1.807) is 6.07 Å². The number of aromatic nitrogens is 2. The smallest absolute Gasteiger partial charge is 0.276 e. The van der Waals surface area contributed by atoms with Crippen molar-refractivity contribution in [2.75, 3.05) is 26.2 Å². The molecule has 0 unspecified atom stereocenters. The summed E-state index contributed by atoms with van der Waals surface area (Å²) in [6.07, 6.45) is 8.42. The van der Waals surface area contributed by atoms with Crippen LogP contribution >= 0.6 is 0 Å². The van der Waals surface area contributed by atoms with Gasteiger partial charge in [-0.1, -0.05) is 17.3 Å². The van der Waals surface area contributed by atoms with Gasteiger partial charge in [-0.05, 0) is 60.6 Å². The zero-order chi connectivity index (χ0) is 20.3. The van der Waals surface area contributed by atoms with Crippen molar-refractivity contribution in [2.45, 2.75) is 32.2 Å². The van der Waals surface area contributed by atoms with Gasteiger partial charge in [-0.2, -0.15) is 0 Å². The van der Waals surface area contributed by atoms with Crippen molar-refractivity contribution in [3.63, 3.8) is 0 Å². The second-order valence-electron chi connectivity index (χ2n) is 8.19. The topological polar surface area (TPSA) is 62.5 Å². The number of fused-ring (bicyclic) bond motifs is 1. The Kier molecular flexibility index (Phi) is 5.32. The number of carbonyl (C=O) groups is 1. The van der Waals surface area contributed by atoms with E-state index in [2.05, 4.69) is 33.2 Å². The molecule has 5 rings (SSSR count). The summed E-state index contributed by atoms with van der Waals surface area (Å²) in [4.78, 5) is 21.2. The van der Waals surface area contributed by atoms with Gasteiger partial charge >= 0.3 is 0 Å². The fourth-order valence-corrected chi connectivity index (χ4v) is 4.42. The predicted molar refractivity (Wildman–Crippen MR) is 114 cm³/mol. The van der Waals surface area contributed by atoms with E-state index in [-0.39, 0.29) is 5.91 Å². The summed E-state index contributed by atoms with van der Waals surface area (Å²) in [7, 11) is 0. The first kappa shape index (κ1) is 19.0. The Labute approximate surface area is 176 Å². The Bertz CT molecular complexity index is 1020. The summed E-state index contributed by atoms with van der Waals surface area (Å²) in [5.41, 5.74) is 5.48. The van der Waals surface area contributed by atoms with Crippen LogP contribution in [0.3, 0.4) is 0 Å². The van der Waals surface area contributed by atoms with Gasteiger partial charge in [0.2, 0.25) is 0 Å². The zero-order valence-corrected chi connectivity index (χ0v) is 17.1. The number of piperazine rings is 1. The molecule has 1 aromatic carbocycles. The highest BCUT2D eigenvalue weighted by Crippen LogP contribution is 2.28. The third-order valence-corrected chi connectivity index (χ3v) is 6.18. The minimum Gasteiger partial charge on any atom is -0.355 e. The fraction of sp³-hybridized carbons (Fsp3) is 0.375. The van der Waals surface area contributed by atoms with Gasteiger partial charge in [0.05, 0.1) is 0 Å². The lowest BCUT2D eigenvalue weighted by Crippen LogP contribution is -2.48. The quantitative estimate of drug-likeness (QED) is 0.668. The van der Waals surface area contributed by atoms with E-state index in [0.29, 0.717) is 24.5 Å². The number of pyridine rings is 1. The van der Waals surface area contributed by atoms with Crippen LogP contribution in [0.25, 0.3) is 11.3 Å². The summed E-state index contributed by atoms with van der Waals surface area (Å²) in [6.45, 7) is 3.99. The molecule has 0 bridgehead atoms. The molecule has 0 atom stereocenters. The van der Waals surface area contributed by atoms with Crippen molar-refractivity contribution in [1.82, 2.24) is 19.9 Å². The molecule has 0 N–H and O–H groups in total. The third-order valence-electron chi connectivity index (χ3n) is 6.18. The molecule has 1 aliphatic heterocycles. The average molecular weight is 402 g/mol. The predicted octanol–water partition coefficient (Wildman–Crippen LogP) is 3.57. The molecule has 1 aliphatic carbocycles. The summed E-state index contributed by atoms with van der Waals surface area (Å²) >= 11 is 0. The zero-order valence-electron chi connectivity index (χ0n) is 17.1. The van der Waals surface area contributed by atoms with Crippen LogP contribution in [0, 0.1) is 0 Å². The molecule has 6 heteroatoms. The van der Waals surface area contributed by atoms with Gasteiger partial charge in [-0.3, -0.25) is 14.7 Å². The Morgan fingerprint density at radius 3 is 2.50 bits per heavy atom. The maximum Gasteiger partial charge on any atom is 0.276 e. The van der Waals surface area contributed by atoms with Gasteiger partial charge in [-0.25, -0.2) is 0 Å². The number of carbonyl (C=O) groups excluding carboxylic acids is 1. The van der Waals surface area contributed by atoms with Crippen LogP contribution in [0.15, 0.2) is 53.3 Å². The van der Waals surface area contributed by atoms with E-state index >= 15 is 0 Å². The second kappa shape index (κ2) is 8.40. The SMILES string of the molecule is O=C(c1cc(-c2ccc3c(c2)CCCC3)on1)N1CCN(Cc2ccncc2)CC1. The maximum atomic E-state index is 12.9. The summed E-state index contributed by atoms with van der Waals surface area (Å²) in [6, 6.07) is 12.3. The van der Waals surface area contributed by atoms with Gasteiger partial charge in [0, 0.05) is 56.7 Å². The lowest BCUT2D eigenvalue weighted by Gasteiger charge is -2.34. The molecule has 1 fully saturated rings. The standard InChI is InChI=1S/C24H26N4O2/c29-24(28-13-11-27(12-14-28)17-18-7-9-25-10-8-18)22-16-23(30-26-22)21-6-5-19-3-1-2-4-20(19)15-21/h5-10,15-16H,1-4,11-14,17H2. The number of rotatable bonds is 4. The molecule has 1 saturated heterocycles. The molecule has 1 amide bonds. The Morgan fingerprint density at radius 2 is 1.70 bits per heavy atom. The number of aryl methyl sites for hydroxylation is 2. The van der Waals surface area contributed by atoms with Crippen LogP contribution in [0.2, 0.25) is 0 Å². The number of hydrogen-bond donors (Lipinski definition) is 0. The van der Waals surface area contributed by atoms with Crippen molar-refractivity contribution in [3.8, 4) is 11.3 Å². The highest BCUT2D eigenvalue weighted by molar-refractivity contribution is 5.93. The van der Waals surface area contributed by atoms with Crippen molar-refractivity contribution < 1.29 is 9.32 Å². The van der Waals surface area contributed by atoms with Gasteiger partial charge in [0.25, 0.3) is 5.91 Å². The number of nitrogens with zero attached hydrogens (tertiary/aromatic N) is 4. The molecule has 6 nitrogen and oxygen atoms in total. The van der Waals surface area contributed by atoms with Crippen LogP contribution in [0.4, 0.5) is 0 Å². The molecule has 3 heterocycles. The van der Waals surface area contributed by atoms with Crippen LogP contribution in [-0.4, -0.2) is 52.0 Å². The van der Waals surface area contributed by atoms with Gasteiger partial charge in [0.1, 0.15) is 0 Å². The van der Waals surface area contributed by atoms with Crippen LogP contribution in [0.5, 0.6) is 0 Å². The number of hydrogen-bond acceptors (Lipinski definition) is 5. The second-order valence-corrected chi connectivity index (χ2v) is 8.19. The van der Waals surface area contributed by atoms with E-state index in [0.717, 1.165) is 38.0 Å². The van der Waals surface area contributed by atoms with E-state index in [1.807, 2.05) is 29.4 Å². The highest BCUT2D eigenvalue weighted by atomic mass is 16.5. The lowest BCUT2D eigenvalue weighted by atomic mass is 9.90. The van der Waals surface area contributed by atoms with Crippen LogP contribution in [-0.2, 0) is 19.4 Å². The van der Waals surface area contributed by atoms with Crippen molar-refractivity contribution in [1.29, 1.82) is 0 Å². The van der Waals surface area contributed by atoms with Crippen LogP contribution in [0.1, 0.15) is 40.0 Å². The molecule has 2 aromatic heterocycles. The normalized spacial score (nSPS) is 17.0. The molecular weight excluding hydrogens is 376 g/mol. The molecular formula is C24H26N4O2. The molecule has 30 heavy (non-hydrogen) atoms. The minimum atomic E-state index is -0.0495. The van der Waals surface area contributed by atoms with Crippen molar-refractivity contribution >= 4 is 5.91 Å². The van der Waals surface area contributed by atoms with Crippen molar-refractivity contribution in [2.24, 2.45) is 0 Å². The van der Waals surface area contributed by atoms with Crippen molar-refractivity contribution in [3.05, 3.63) is 71.2 Å². The van der Waals surface area contributed by atoms with E-state index < -0.39 is 0 Å². The van der Waals surface area contributed by atoms with E-state index in [4.69, 9.17) is 4.52 Å². The molecule has 2 aliphatic rings. The van der Waals surface area contributed by atoms with E-state index in [1.165, 1.54) is 29.5 Å².